The molecule has 160 valence electrons. The zero-order chi connectivity index (χ0) is 21.8. The number of piperidine rings is 1. The lowest BCUT2D eigenvalue weighted by Gasteiger charge is -2.27. The van der Waals surface area contributed by atoms with Crippen LogP contribution in [0.5, 0.6) is 0 Å². The van der Waals surface area contributed by atoms with Crippen LogP contribution in [0, 0.1) is 0 Å². The molecule has 0 atom stereocenters. The predicted octanol–water partition coefficient (Wildman–Crippen LogP) is 5.54. The first-order chi connectivity index (χ1) is 15.0. The van der Waals surface area contributed by atoms with E-state index in [-0.39, 0.29) is 12.5 Å². The minimum atomic E-state index is -0.411. The summed E-state index contributed by atoms with van der Waals surface area (Å²) in [7, 11) is 0. The molecule has 0 radical (unpaired) electrons. The lowest BCUT2D eigenvalue weighted by Crippen LogP contribution is -2.44. The van der Waals surface area contributed by atoms with Gasteiger partial charge in [0.1, 0.15) is 6.54 Å². The van der Waals surface area contributed by atoms with E-state index in [1.165, 1.54) is 0 Å². The number of likely N-dealkylation sites (tertiary alicyclic amines) is 1. The van der Waals surface area contributed by atoms with Crippen LogP contribution in [0.1, 0.15) is 24.8 Å². The van der Waals surface area contributed by atoms with Gasteiger partial charge in [0.05, 0.1) is 4.91 Å². The second-order valence-electron chi connectivity index (χ2n) is 7.30. The number of amides is 3. The normalized spacial score (nSPS) is 18.2. The molecule has 2 aromatic rings. The number of rotatable bonds is 5. The summed E-state index contributed by atoms with van der Waals surface area (Å²) in [5.74, 6) is -0.575. The van der Waals surface area contributed by atoms with Crippen molar-refractivity contribution in [2.24, 2.45) is 0 Å². The molecule has 2 fully saturated rings. The van der Waals surface area contributed by atoms with E-state index >= 15 is 0 Å². The fourth-order valence-electron chi connectivity index (χ4n) is 3.48. The Hall–Kier alpha value is -2.22. The Kier molecular flexibility index (Phi) is 7.05. The number of benzene rings is 2. The topological polar surface area (TPSA) is 57.7 Å². The summed E-state index contributed by atoms with van der Waals surface area (Å²) >= 11 is 8.40. The number of carbonyl (C=O) groups is 3. The maximum atomic E-state index is 12.9. The quantitative estimate of drug-likeness (QED) is 0.535. The van der Waals surface area contributed by atoms with Crippen molar-refractivity contribution in [2.75, 3.05) is 19.6 Å². The minimum absolute atomic E-state index is 0.165. The summed E-state index contributed by atoms with van der Waals surface area (Å²) in [4.78, 5) is 43.0. The molecule has 8 heteroatoms. The first-order valence-electron chi connectivity index (χ1n) is 10.1. The van der Waals surface area contributed by atoms with E-state index in [1.807, 2.05) is 48.5 Å². The van der Waals surface area contributed by atoms with Crippen molar-refractivity contribution < 1.29 is 14.4 Å². The Balaban J connectivity index is 1.50. The van der Waals surface area contributed by atoms with E-state index in [0.717, 1.165) is 51.3 Å². The molecule has 2 aromatic carbocycles. The monoisotopic (exact) mass is 472 g/mol. The van der Waals surface area contributed by atoms with Crippen molar-refractivity contribution in [2.45, 2.75) is 29.1 Å². The average Bonchev–Trinajstić information content (AvgIpc) is 3.04. The lowest BCUT2D eigenvalue weighted by atomic mass is 10.1. The number of carbonyl (C=O) groups excluding carboxylic acids is 3. The maximum Gasteiger partial charge on any atom is 0.294 e. The zero-order valence-corrected chi connectivity index (χ0v) is 19.1. The zero-order valence-electron chi connectivity index (χ0n) is 16.8. The van der Waals surface area contributed by atoms with Crippen molar-refractivity contribution in [1.29, 1.82) is 0 Å². The van der Waals surface area contributed by atoms with Crippen LogP contribution in [0.15, 0.2) is 63.2 Å². The molecule has 0 unspecified atom stereocenters. The molecule has 0 saturated carbocycles. The second-order valence-corrected chi connectivity index (χ2v) is 9.85. The van der Waals surface area contributed by atoms with Gasteiger partial charge in [-0.25, -0.2) is 0 Å². The molecule has 0 N–H and O–H groups in total. The summed E-state index contributed by atoms with van der Waals surface area (Å²) in [6.45, 7) is 1.20. The third-order valence-corrected chi connectivity index (χ3v) is 7.38. The highest BCUT2D eigenvalue weighted by Gasteiger charge is 2.37. The minimum Gasteiger partial charge on any atom is -0.341 e. The van der Waals surface area contributed by atoms with Gasteiger partial charge in [-0.1, -0.05) is 41.6 Å². The van der Waals surface area contributed by atoms with Gasteiger partial charge < -0.3 is 4.90 Å². The first-order valence-corrected chi connectivity index (χ1v) is 12.1. The van der Waals surface area contributed by atoms with Crippen LogP contribution in [-0.2, 0) is 9.59 Å². The highest BCUT2D eigenvalue weighted by Crippen LogP contribution is 2.36. The molecule has 0 aromatic heterocycles. The molecule has 2 saturated heterocycles. The Bertz CT molecular complexity index is 1030. The van der Waals surface area contributed by atoms with E-state index in [4.69, 9.17) is 11.6 Å². The van der Waals surface area contributed by atoms with Gasteiger partial charge in [0.15, 0.2) is 0 Å². The highest BCUT2D eigenvalue weighted by molar-refractivity contribution is 8.18. The molecule has 3 amide bonds. The van der Waals surface area contributed by atoms with E-state index in [0.29, 0.717) is 23.0 Å². The van der Waals surface area contributed by atoms with Gasteiger partial charge in [-0.05, 0) is 73.0 Å². The van der Waals surface area contributed by atoms with Crippen LogP contribution < -0.4 is 0 Å². The van der Waals surface area contributed by atoms with Gasteiger partial charge in [0, 0.05) is 27.9 Å². The molecule has 5 nitrogen and oxygen atoms in total. The SMILES string of the molecule is O=C(CN1C(=O)S/C(=C\c2ccccc2Sc2ccc(Cl)cc2)C1=O)N1CCCCC1. The molecule has 0 bridgehead atoms. The van der Waals surface area contributed by atoms with Crippen LogP contribution in [0.4, 0.5) is 4.79 Å². The first kappa shape index (κ1) is 22.0. The Labute approximate surface area is 194 Å². The summed E-state index contributed by atoms with van der Waals surface area (Å²) < 4.78 is 0. The Morgan fingerprint density at radius 3 is 2.48 bits per heavy atom. The molecule has 4 rings (SSSR count). The lowest BCUT2D eigenvalue weighted by molar-refractivity contribution is -0.136. The average molecular weight is 473 g/mol. The largest absolute Gasteiger partial charge is 0.341 e. The van der Waals surface area contributed by atoms with Crippen LogP contribution in [0.25, 0.3) is 6.08 Å². The van der Waals surface area contributed by atoms with E-state index in [2.05, 4.69) is 0 Å². The van der Waals surface area contributed by atoms with Crippen LogP contribution in [-0.4, -0.2) is 46.5 Å². The van der Waals surface area contributed by atoms with Crippen LogP contribution in [0.3, 0.4) is 0 Å². The highest BCUT2D eigenvalue weighted by atomic mass is 35.5. The summed E-state index contributed by atoms with van der Waals surface area (Å²) in [5.41, 5.74) is 0.843. The molecular weight excluding hydrogens is 452 g/mol. The fourth-order valence-corrected chi connectivity index (χ4v) is 5.35. The van der Waals surface area contributed by atoms with Gasteiger partial charge in [-0.15, -0.1) is 0 Å². The Morgan fingerprint density at radius 1 is 1.03 bits per heavy atom. The van der Waals surface area contributed by atoms with E-state index in [1.54, 1.807) is 22.7 Å². The van der Waals surface area contributed by atoms with Crippen LogP contribution in [0.2, 0.25) is 5.02 Å². The molecule has 2 heterocycles. The van der Waals surface area contributed by atoms with Crippen molar-refractivity contribution >= 4 is 58.3 Å². The van der Waals surface area contributed by atoms with Crippen molar-refractivity contribution in [1.82, 2.24) is 9.80 Å². The second kappa shape index (κ2) is 9.94. The van der Waals surface area contributed by atoms with Crippen molar-refractivity contribution in [3.63, 3.8) is 0 Å². The van der Waals surface area contributed by atoms with E-state index in [9.17, 15) is 14.4 Å². The van der Waals surface area contributed by atoms with Gasteiger partial charge in [0.25, 0.3) is 11.1 Å². The van der Waals surface area contributed by atoms with Gasteiger partial charge in [-0.2, -0.15) is 0 Å². The third-order valence-electron chi connectivity index (χ3n) is 5.12. The maximum absolute atomic E-state index is 12.9. The number of thioether (sulfide) groups is 1. The number of hydrogen-bond donors (Lipinski definition) is 0. The molecular formula is C23H21ClN2O3S2. The van der Waals surface area contributed by atoms with Gasteiger partial charge >= 0.3 is 0 Å². The Morgan fingerprint density at radius 2 is 1.74 bits per heavy atom. The van der Waals surface area contributed by atoms with Gasteiger partial charge in [-0.3, -0.25) is 19.3 Å². The van der Waals surface area contributed by atoms with Crippen molar-refractivity contribution in [3.8, 4) is 0 Å². The molecule has 0 spiro atoms. The van der Waals surface area contributed by atoms with Gasteiger partial charge in [0.2, 0.25) is 5.91 Å². The number of imide groups is 1. The fraction of sp³-hybridized carbons (Fsp3) is 0.261. The third kappa shape index (κ3) is 5.34. The molecule has 0 aliphatic carbocycles. The van der Waals surface area contributed by atoms with E-state index < -0.39 is 11.1 Å². The predicted molar refractivity (Wildman–Crippen MR) is 125 cm³/mol. The number of halogens is 1. The summed E-state index contributed by atoms with van der Waals surface area (Å²) in [6.07, 6.45) is 4.78. The standard InChI is InChI=1S/C23H21ClN2O3S2/c24-17-8-10-18(11-9-17)30-19-7-3-2-6-16(19)14-20-22(28)26(23(29)31-20)15-21(27)25-12-4-1-5-13-25/h2-3,6-11,14H,1,4-5,12-13,15H2/b20-14-. The molecule has 31 heavy (non-hydrogen) atoms. The smallest absolute Gasteiger partial charge is 0.294 e. The number of hydrogen-bond acceptors (Lipinski definition) is 5. The summed E-state index contributed by atoms with van der Waals surface area (Å²) in [5, 5.41) is 0.273. The van der Waals surface area contributed by atoms with Crippen molar-refractivity contribution in [3.05, 3.63) is 64.0 Å². The van der Waals surface area contributed by atoms with Crippen LogP contribution >= 0.6 is 35.1 Å². The molecule has 2 aliphatic rings. The number of nitrogens with zero attached hydrogens (tertiary/aromatic N) is 2. The molecule has 2 aliphatic heterocycles. The summed E-state index contributed by atoms with van der Waals surface area (Å²) in [6, 6.07) is 15.2.